The van der Waals surface area contributed by atoms with E-state index >= 15 is 0 Å². The zero-order valence-corrected chi connectivity index (χ0v) is 26.5. The van der Waals surface area contributed by atoms with Gasteiger partial charge < -0.3 is 31.3 Å². The molecule has 1 heterocycles. The molecule has 0 radical (unpaired) electrons. The predicted molar refractivity (Wildman–Crippen MR) is 158 cm³/mol. The highest BCUT2D eigenvalue weighted by atomic mass is 32.2. The van der Waals surface area contributed by atoms with Crippen LogP contribution in [0, 0.1) is 17.5 Å². The number of carbonyl (C=O) groups is 6. The summed E-state index contributed by atoms with van der Waals surface area (Å²) >= 11 is 0.959. The van der Waals surface area contributed by atoms with Gasteiger partial charge in [-0.05, 0) is 18.1 Å². The lowest BCUT2D eigenvalue weighted by Crippen LogP contribution is -2.42. The number of benzene rings is 2. The fourth-order valence-corrected chi connectivity index (χ4v) is 4.85. The molecule has 22 heteroatoms. The van der Waals surface area contributed by atoms with E-state index in [1.165, 1.54) is 0 Å². The van der Waals surface area contributed by atoms with Crippen molar-refractivity contribution in [1.82, 2.24) is 10.2 Å². The number of carboxylic acids is 3. The van der Waals surface area contributed by atoms with Crippen LogP contribution in [0.25, 0.3) is 0 Å². The maximum Gasteiger partial charge on any atom is 0.490 e. The molecule has 0 aromatic heterocycles. The molecule has 2 amide bonds. The van der Waals surface area contributed by atoms with Crippen molar-refractivity contribution in [3.05, 3.63) is 71.0 Å². The average molecular weight is 766 g/mol. The van der Waals surface area contributed by atoms with E-state index in [0.717, 1.165) is 16.7 Å². The van der Waals surface area contributed by atoms with Crippen molar-refractivity contribution in [2.45, 2.75) is 56.2 Å². The first kappa shape index (κ1) is 44.2. The van der Waals surface area contributed by atoms with Gasteiger partial charge in [-0.2, -0.15) is 26.3 Å². The molecule has 282 valence electrons. The lowest BCUT2D eigenvalue weighted by Gasteiger charge is -2.21. The highest BCUT2D eigenvalue weighted by Gasteiger charge is 2.40. The van der Waals surface area contributed by atoms with Gasteiger partial charge in [-0.25, -0.2) is 27.6 Å². The molecule has 0 saturated carbocycles. The second-order valence-corrected chi connectivity index (χ2v) is 11.4. The summed E-state index contributed by atoms with van der Waals surface area (Å²) in [6, 6.07) is 6.94. The smallest absolute Gasteiger partial charge is 0.480 e. The van der Waals surface area contributed by atoms with Crippen LogP contribution in [-0.4, -0.2) is 97.8 Å². The van der Waals surface area contributed by atoms with Crippen molar-refractivity contribution in [3.8, 4) is 0 Å². The van der Waals surface area contributed by atoms with E-state index in [9.17, 15) is 63.8 Å². The Hall–Kier alpha value is -4.86. The second-order valence-electron chi connectivity index (χ2n) is 10.3. The Kier molecular flexibility index (Phi) is 16.9. The first-order valence-electron chi connectivity index (χ1n) is 14.0. The number of thioether (sulfide) groups is 1. The van der Waals surface area contributed by atoms with Gasteiger partial charge in [0.2, 0.25) is 16.9 Å². The number of hydrogen-bond acceptors (Lipinski definition) is 8. The SMILES string of the molecule is N[C@@H](CC(=O)N[C@H]1C[C@@H](C(=O)O)N(C(=O)CCSC(=O)c2ccccc2)C1)Cc1cc(F)c(F)cc1F.O=C(O)C(F)(F)F.O=C(O)C(F)(F)F. The fraction of sp³-hybridized carbons (Fsp3) is 0.379. The van der Waals surface area contributed by atoms with Crippen LogP contribution in [-0.2, 0) is 30.4 Å². The third-order valence-electron chi connectivity index (χ3n) is 6.33. The number of amides is 2. The first-order valence-corrected chi connectivity index (χ1v) is 15.0. The molecular weight excluding hydrogens is 737 g/mol. The van der Waals surface area contributed by atoms with Gasteiger partial charge in [-0.3, -0.25) is 14.4 Å². The summed E-state index contributed by atoms with van der Waals surface area (Å²) in [6.45, 7) is -0.0358. The van der Waals surface area contributed by atoms with E-state index in [4.69, 9.17) is 25.5 Å². The monoisotopic (exact) mass is 765 g/mol. The summed E-state index contributed by atoms with van der Waals surface area (Å²) in [5.74, 6) is -11.1. The summed E-state index contributed by atoms with van der Waals surface area (Å²) in [5.41, 5.74) is 6.20. The molecule has 2 aromatic rings. The summed E-state index contributed by atoms with van der Waals surface area (Å²) in [6.07, 6.45) is -10.7. The van der Waals surface area contributed by atoms with E-state index in [1.807, 2.05) is 0 Å². The highest BCUT2D eigenvalue weighted by molar-refractivity contribution is 8.14. The van der Waals surface area contributed by atoms with Gasteiger partial charge in [0.05, 0.1) is 0 Å². The van der Waals surface area contributed by atoms with Gasteiger partial charge in [-0.1, -0.05) is 42.1 Å². The van der Waals surface area contributed by atoms with Crippen molar-refractivity contribution in [3.63, 3.8) is 0 Å². The number of hydrogen-bond donors (Lipinski definition) is 5. The minimum Gasteiger partial charge on any atom is -0.480 e. The summed E-state index contributed by atoms with van der Waals surface area (Å²) in [4.78, 5) is 67.9. The Labute approximate surface area is 285 Å². The largest absolute Gasteiger partial charge is 0.490 e. The molecule has 1 aliphatic rings. The molecule has 3 rings (SSSR count). The summed E-state index contributed by atoms with van der Waals surface area (Å²) in [5, 5.41) is 26.2. The van der Waals surface area contributed by atoms with Crippen molar-refractivity contribution in [2.24, 2.45) is 5.73 Å². The van der Waals surface area contributed by atoms with Gasteiger partial charge in [0.1, 0.15) is 11.9 Å². The minimum absolute atomic E-state index is 0.0179. The van der Waals surface area contributed by atoms with Crippen molar-refractivity contribution < 1.29 is 83.6 Å². The molecule has 3 atom stereocenters. The molecule has 1 saturated heterocycles. The van der Waals surface area contributed by atoms with E-state index < -0.39 is 77.7 Å². The number of aliphatic carboxylic acids is 3. The van der Waals surface area contributed by atoms with Crippen LogP contribution >= 0.6 is 11.8 Å². The number of carboxylic acid groups (broad SMARTS) is 3. The van der Waals surface area contributed by atoms with Crippen LogP contribution in [0.3, 0.4) is 0 Å². The Morgan fingerprint density at radius 3 is 1.86 bits per heavy atom. The lowest BCUT2D eigenvalue weighted by atomic mass is 10.0. The molecule has 2 aromatic carbocycles. The molecular formula is C29H28F9N3O9S. The Morgan fingerprint density at radius 1 is 0.863 bits per heavy atom. The van der Waals surface area contributed by atoms with Gasteiger partial charge in [0, 0.05) is 55.3 Å². The van der Waals surface area contributed by atoms with Crippen molar-refractivity contribution in [2.75, 3.05) is 12.3 Å². The van der Waals surface area contributed by atoms with Crippen LogP contribution in [0.5, 0.6) is 0 Å². The quantitative estimate of drug-likeness (QED) is 0.174. The molecule has 0 bridgehead atoms. The highest BCUT2D eigenvalue weighted by Crippen LogP contribution is 2.22. The molecule has 12 nitrogen and oxygen atoms in total. The molecule has 1 aliphatic heterocycles. The summed E-state index contributed by atoms with van der Waals surface area (Å²) in [7, 11) is 0. The second kappa shape index (κ2) is 19.5. The maximum absolute atomic E-state index is 13.8. The topological polar surface area (TPSA) is 204 Å². The number of alkyl halides is 6. The van der Waals surface area contributed by atoms with Gasteiger partial charge >= 0.3 is 30.3 Å². The lowest BCUT2D eigenvalue weighted by molar-refractivity contribution is -0.193. The third-order valence-corrected chi connectivity index (χ3v) is 7.24. The van der Waals surface area contributed by atoms with Crippen molar-refractivity contribution >= 4 is 46.6 Å². The average Bonchev–Trinajstić information content (AvgIpc) is 3.44. The Morgan fingerprint density at radius 2 is 1.37 bits per heavy atom. The Bertz CT molecular complexity index is 1540. The molecule has 6 N–H and O–H groups in total. The molecule has 0 aliphatic carbocycles. The van der Waals surface area contributed by atoms with Gasteiger partial charge in [0.15, 0.2) is 11.6 Å². The van der Waals surface area contributed by atoms with E-state index in [0.29, 0.717) is 17.7 Å². The zero-order valence-electron chi connectivity index (χ0n) is 25.6. The van der Waals surface area contributed by atoms with E-state index in [-0.39, 0.29) is 48.7 Å². The maximum atomic E-state index is 13.8. The third kappa shape index (κ3) is 15.7. The fourth-order valence-electron chi connectivity index (χ4n) is 4.08. The summed E-state index contributed by atoms with van der Waals surface area (Å²) < 4.78 is 104. The normalized spacial score (nSPS) is 16.1. The van der Waals surface area contributed by atoms with Gasteiger partial charge in [-0.15, -0.1) is 0 Å². The number of nitrogens with two attached hydrogens (primary N) is 1. The number of carbonyl (C=O) groups excluding carboxylic acids is 3. The molecule has 0 unspecified atom stereocenters. The zero-order chi connectivity index (χ0) is 39.3. The number of rotatable bonds is 10. The predicted octanol–water partition coefficient (Wildman–Crippen LogP) is 3.76. The van der Waals surface area contributed by atoms with Crippen LogP contribution < -0.4 is 11.1 Å². The van der Waals surface area contributed by atoms with E-state index in [2.05, 4.69) is 5.32 Å². The number of nitrogens with zero attached hydrogens (tertiary/aromatic N) is 1. The number of nitrogens with one attached hydrogen (secondary N) is 1. The Balaban J connectivity index is 0.000000780. The minimum atomic E-state index is -5.08. The van der Waals surface area contributed by atoms with E-state index in [1.54, 1.807) is 30.3 Å². The molecule has 51 heavy (non-hydrogen) atoms. The molecule has 0 spiro atoms. The van der Waals surface area contributed by atoms with Gasteiger partial charge in [0.25, 0.3) is 0 Å². The standard InChI is InChI=1S/C25H26F3N3O5S.2C2HF3O2/c26-18-12-20(28)19(27)9-15(18)8-16(29)10-22(32)30-17-11-21(24(34)35)31(13-17)23(33)6-7-37-25(36)14-4-2-1-3-5-14;2*3-2(4,5)1(6)7/h1-5,9,12,16-17,21H,6-8,10-11,13,29H2,(H,30,32)(H,34,35);2*(H,6,7)/t16-,17+,21+;;/m1../s1. The molecule has 1 fully saturated rings. The van der Waals surface area contributed by atoms with Crippen LogP contribution in [0.1, 0.15) is 35.2 Å². The number of likely N-dealkylation sites (tertiary alicyclic amines) is 1. The number of halogens is 9. The van der Waals surface area contributed by atoms with Crippen LogP contribution in [0.2, 0.25) is 0 Å². The van der Waals surface area contributed by atoms with Crippen LogP contribution in [0.15, 0.2) is 42.5 Å². The van der Waals surface area contributed by atoms with Crippen LogP contribution in [0.4, 0.5) is 39.5 Å². The first-order chi connectivity index (χ1) is 23.4. The van der Waals surface area contributed by atoms with Crippen molar-refractivity contribution in [1.29, 1.82) is 0 Å².